The van der Waals surface area contributed by atoms with E-state index in [-0.39, 0.29) is 11.5 Å². The summed E-state index contributed by atoms with van der Waals surface area (Å²) in [6, 6.07) is 0. The Balaban J connectivity index is 2.32. The number of nitrogens with one attached hydrogen (secondary N) is 2. The largest absolute Gasteiger partial charge is 0.462 e. The van der Waals surface area contributed by atoms with Crippen LogP contribution in [0.4, 0.5) is 5.00 Å². The highest BCUT2D eigenvalue weighted by molar-refractivity contribution is 7.80. The Labute approximate surface area is 154 Å². The molecule has 0 atom stereocenters. The maximum atomic E-state index is 12.5. The molecule has 24 heavy (non-hydrogen) atoms. The minimum atomic E-state index is -0.239. The maximum Gasteiger partial charge on any atom is 0.341 e. The predicted molar refractivity (Wildman–Crippen MR) is 105 cm³/mol. The first-order chi connectivity index (χ1) is 11.3. The lowest BCUT2D eigenvalue weighted by Crippen LogP contribution is -2.43. The summed E-state index contributed by atoms with van der Waals surface area (Å²) in [5.41, 5.74) is 1.73. The van der Waals surface area contributed by atoms with E-state index in [1.165, 1.54) is 29.7 Å². The molecular formula is C18H28N2O2S2. The van der Waals surface area contributed by atoms with Crippen LogP contribution in [0.1, 0.15) is 74.2 Å². The Morgan fingerprint density at radius 2 is 1.88 bits per heavy atom. The van der Waals surface area contributed by atoms with Gasteiger partial charge in [0, 0.05) is 10.4 Å². The molecule has 0 amide bonds. The maximum absolute atomic E-state index is 12.5. The fourth-order valence-corrected chi connectivity index (χ4v) is 4.66. The van der Waals surface area contributed by atoms with Crippen molar-refractivity contribution in [1.82, 2.24) is 5.32 Å². The summed E-state index contributed by atoms with van der Waals surface area (Å²) in [5, 5.41) is 7.85. The number of hydrogen-bond donors (Lipinski definition) is 2. The van der Waals surface area contributed by atoms with Gasteiger partial charge in [-0.2, -0.15) is 0 Å². The molecule has 2 N–H and O–H groups in total. The lowest BCUT2D eigenvalue weighted by Gasteiger charge is -2.23. The van der Waals surface area contributed by atoms with E-state index in [0.29, 0.717) is 17.3 Å². The highest BCUT2D eigenvalue weighted by Crippen LogP contribution is 2.37. The second kappa shape index (κ2) is 8.30. The number of rotatable bonds is 3. The number of thiophene rings is 1. The third-order valence-corrected chi connectivity index (χ3v) is 5.28. The van der Waals surface area contributed by atoms with E-state index in [2.05, 4.69) is 31.4 Å². The van der Waals surface area contributed by atoms with Gasteiger partial charge in [0.1, 0.15) is 5.00 Å². The number of anilines is 1. The van der Waals surface area contributed by atoms with Gasteiger partial charge in [0.25, 0.3) is 0 Å². The van der Waals surface area contributed by atoms with Crippen molar-refractivity contribution in [3.63, 3.8) is 0 Å². The van der Waals surface area contributed by atoms with Gasteiger partial charge in [0.05, 0.1) is 12.2 Å². The third kappa shape index (κ3) is 5.18. The minimum absolute atomic E-state index is 0.125. The van der Waals surface area contributed by atoms with E-state index >= 15 is 0 Å². The van der Waals surface area contributed by atoms with Crippen LogP contribution in [0.25, 0.3) is 0 Å². The molecule has 6 heteroatoms. The minimum Gasteiger partial charge on any atom is -0.462 e. The van der Waals surface area contributed by atoms with E-state index in [1.54, 1.807) is 11.3 Å². The zero-order valence-corrected chi connectivity index (χ0v) is 16.7. The predicted octanol–water partition coefficient (Wildman–Crippen LogP) is 4.67. The number of fused-ring (bicyclic) bond motifs is 1. The number of thiocarbonyl (C=S) groups is 1. The first-order valence-corrected chi connectivity index (χ1v) is 9.95. The fraction of sp³-hybridized carbons (Fsp3) is 0.667. The van der Waals surface area contributed by atoms with Crippen LogP contribution >= 0.6 is 23.6 Å². The first-order valence-electron chi connectivity index (χ1n) is 8.72. The van der Waals surface area contributed by atoms with Gasteiger partial charge in [-0.25, -0.2) is 4.79 Å². The van der Waals surface area contributed by atoms with Crippen LogP contribution in [-0.4, -0.2) is 23.2 Å². The molecule has 2 rings (SSSR count). The van der Waals surface area contributed by atoms with Crippen molar-refractivity contribution < 1.29 is 9.53 Å². The molecule has 1 aromatic heterocycles. The van der Waals surface area contributed by atoms with Gasteiger partial charge >= 0.3 is 5.97 Å². The Morgan fingerprint density at radius 1 is 1.21 bits per heavy atom. The number of esters is 1. The highest BCUT2D eigenvalue weighted by Gasteiger charge is 2.26. The van der Waals surface area contributed by atoms with Crippen LogP contribution in [0.3, 0.4) is 0 Å². The van der Waals surface area contributed by atoms with Crippen molar-refractivity contribution >= 4 is 39.6 Å². The van der Waals surface area contributed by atoms with Crippen molar-refractivity contribution in [2.45, 2.75) is 71.8 Å². The third-order valence-electron chi connectivity index (χ3n) is 3.87. The van der Waals surface area contributed by atoms with Gasteiger partial charge in [-0.15, -0.1) is 11.3 Å². The molecule has 1 aliphatic rings. The second-order valence-corrected chi connectivity index (χ2v) is 8.69. The van der Waals surface area contributed by atoms with Crippen LogP contribution in [0.15, 0.2) is 0 Å². The summed E-state index contributed by atoms with van der Waals surface area (Å²) >= 11 is 7.08. The SMILES string of the molecule is CCOC(=O)c1c(NC(=S)NC(C)(C)C)sc2c1CCCCCC2. The second-order valence-electron chi connectivity index (χ2n) is 7.17. The van der Waals surface area contributed by atoms with E-state index in [0.717, 1.165) is 24.3 Å². The molecule has 0 radical (unpaired) electrons. The molecule has 1 aromatic rings. The molecule has 1 aliphatic carbocycles. The Morgan fingerprint density at radius 3 is 2.50 bits per heavy atom. The highest BCUT2D eigenvalue weighted by atomic mass is 32.1. The van der Waals surface area contributed by atoms with Crippen LogP contribution in [0.2, 0.25) is 0 Å². The molecule has 0 spiro atoms. The molecule has 0 unspecified atom stereocenters. The molecule has 0 saturated heterocycles. The van der Waals surface area contributed by atoms with Crippen molar-refractivity contribution in [2.75, 3.05) is 11.9 Å². The van der Waals surface area contributed by atoms with Gasteiger partial charge in [-0.3, -0.25) is 0 Å². The number of carbonyl (C=O) groups excluding carboxylic acids is 1. The summed E-state index contributed by atoms with van der Waals surface area (Å²) in [5.74, 6) is -0.239. The number of hydrogen-bond acceptors (Lipinski definition) is 4. The lowest BCUT2D eigenvalue weighted by atomic mass is 9.96. The standard InChI is InChI=1S/C18H28N2O2S2/c1-5-22-16(21)14-12-10-8-6-7-9-11-13(12)24-15(14)19-17(23)20-18(2,3)4/h5-11H2,1-4H3,(H2,19,20,23). The van der Waals surface area contributed by atoms with Gasteiger partial charge in [0.2, 0.25) is 0 Å². The Bertz CT molecular complexity index is 603. The topological polar surface area (TPSA) is 50.4 Å². The van der Waals surface area contributed by atoms with Gasteiger partial charge in [0.15, 0.2) is 5.11 Å². The van der Waals surface area contributed by atoms with Crippen LogP contribution < -0.4 is 10.6 Å². The van der Waals surface area contributed by atoms with E-state index in [1.807, 2.05) is 6.92 Å². The lowest BCUT2D eigenvalue weighted by molar-refractivity contribution is 0.0526. The van der Waals surface area contributed by atoms with E-state index in [9.17, 15) is 4.79 Å². The Hall–Kier alpha value is -1.14. The van der Waals surface area contributed by atoms with Crippen molar-refractivity contribution in [3.8, 4) is 0 Å². The molecule has 0 fully saturated rings. The summed E-state index contributed by atoms with van der Waals surface area (Å²) in [4.78, 5) is 13.8. The zero-order valence-electron chi connectivity index (χ0n) is 15.1. The molecule has 1 heterocycles. The number of aryl methyl sites for hydroxylation is 1. The Kier molecular flexibility index (Phi) is 6.63. The van der Waals surface area contributed by atoms with Crippen molar-refractivity contribution in [1.29, 1.82) is 0 Å². The number of carbonyl (C=O) groups is 1. The average molecular weight is 369 g/mol. The van der Waals surface area contributed by atoms with Crippen LogP contribution in [0.5, 0.6) is 0 Å². The number of ether oxygens (including phenoxy) is 1. The monoisotopic (exact) mass is 368 g/mol. The fourth-order valence-electron chi connectivity index (χ4n) is 2.90. The molecule has 0 aromatic carbocycles. The normalized spacial score (nSPS) is 15.0. The zero-order chi connectivity index (χ0) is 17.7. The molecule has 0 bridgehead atoms. The molecular weight excluding hydrogens is 340 g/mol. The van der Waals surface area contributed by atoms with Gasteiger partial charge in [-0.1, -0.05) is 12.8 Å². The molecule has 0 saturated carbocycles. The van der Waals surface area contributed by atoms with Crippen molar-refractivity contribution in [2.24, 2.45) is 0 Å². The van der Waals surface area contributed by atoms with Gasteiger partial charge in [-0.05, 0) is 71.2 Å². The summed E-state index contributed by atoms with van der Waals surface area (Å²) in [6.07, 6.45) is 6.78. The molecule has 0 aliphatic heterocycles. The van der Waals surface area contributed by atoms with Crippen LogP contribution in [-0.2, 0) is 17.6 Å². The summed E-state index contributed by atoms with van der Waals surface area (Å²) in [6.45, 7) is 8.39. The van der Waals surface area contributed by atoms with Crippen LogP contribution in [0, 0.1) is 0 Å². The van der Waals surface area contributed by atoms with Gasteiger partial charge < -0.3 is 15.4 Å². The van der Waals surface area contributed by atoms with E-state index < -0.39 is 0 Å². The van der Waals surface area contributed by atoms with E-state index in [4.69, 9.17) is 17.0 Å². The average Bonchev–Trinajstić information content (AvgIpc) is 2.73. The van der Waals surface area contributed by atoms with Crippen molar-refractivity contribution in [3.05, 3.63) is 16.0 Å². The molecule has 134 valence electrons. The summed E-state index contributed by atoms with van der Waals surface area (Å²) in [7, 11) is 0. The quantitative estimate of drug-likeness (QED) is 0.600. The first kappa shape index (κ1) is 19.2. The molecule has 4 nitrogen and oxygen atoms in total. The summed E-state index contributed by atoms with van der Waals surface area (Å²) < 4.78 is 5.31. The smallest absolute Gasteiger partial charge is 0.341 e.